The Hall–Kier alpha value is -2.96. The molecule has 0 saturated heterocycles. The first kappa shape index (κ1) is 13.7. The van der Waals surface area contributed by atoms with Crippen molar-refractivity contribution in [3.63, 3.8) is 0 Å². The second kappa shape index (κ2) is 5.05. The van der Waals surface area contributed by atoms with Gasteiger partial charge in [-0.1, -0.05) is 18.2 Å². The molecule has 1 aromatic carbocycles. The summed E-state index contributed by atoms with van der Waals surface area (Å²) in [5.41, 5.74) is 14.4. The van der Waals surface area contributed by atoms with Gasteiger partial charge in [-0.3, -0.25) is 5.10 Å². The number of H-pyrrole nitrogens is 1. The number of anilines is 2. The van der Waals surface area contributed by atoms with Gasteiger partial charge < -0.3 is 11.5 Å². The van der Waals surface area contributed by atoms with Crippen LogP contribution >= 0.6 is 0 Å². The van der Waals surface area contributed by atoms with E-state index in [-0.39, 0.29) is 29.4 Å². The highest BCUT2D eigenvalue weighted by Crippen LogP contribution is 2.54. The summed E-state index contributed by atoms with van der Waals surface area (Å²) in [4.78, 5) is 7.88. The van der Waals surface area contributed by atoms with Crippen LogP contribution in [0.5, 0.6) is 0 Å². The smallest absolute Gasteiger partial charge is 0.221 e. The van der Waals surface area contributed by atoms with Gasteiger partial charge in [0.1, 0.15) is 11.6 Å². The maximum atomic E-state index is 13.9. The highest BCUT2D eigenvalue weighted by molar-refractivity contribution is 5.70. The van der Waals surface area contributed by atoms with E-state index in [2.05, 4.69) is 20.2 Å². The zero-order valence-electron chi connectivity index (χ0n) is 12.2. The first-order valence-electron chi connectivity index (χ1n) is 7.31. The largest absolute Gasteiger partial charge is 0.383 e. The fourth-order valence-electron chi connectivity index (χ4n) is 2.93. The lowest BCUT2D eigenvalue weighted by Crippen LogP contribution is -2.01. The van der Waals surface area contributed by atoms with Gasteiger partial charge in [0.05, 0.1) is 11.3 Å². The zero-order valence-corrected chi connectivity index (χ0v) is 12.2. The molecule has 23 heavy (non-hydrogen) atoms. The Morgan fingerprint density at radius 2 is 2.00 bits per heavy atom. The summed E-state index contributed by atoms with van der Waals surface area (Å²) < 4.78 is 13.9. The van der Waals surface area contributed by atoms with Crippen molar-refractivity contribution in [1.82, 2.24) is 20.2 Å². The van der Waals surface area contributed by atoms with Crippen LogP contribution in [0.2, 0.25) is 0 Å². The minimum Gasteiger partial charge on any atom is -0.383 e. The molecule has 0 bridgehead atoms. The predicted octanol–water partition coefficient (Wildman–Crippen LogP) is 2.44. The van der Waals surface area contributed by atoms with Gasteiger partial charge in [-0.15, -0.1) is 0 Å². The fraction of sp³-hybridized carbons (Fsp3) is 0.188. The predicted molar refractivity (Wildman–Crippen MR) is 84.9 cm³/mol. The van der Waals surface area contributed by atoms with E-state index in [9.17, 15) is 4.39 Å². The van der Waals surface area contributed by atoms with Crippen molar-refractivity contribution in [3.05, 3.63) is 53.6 Å². The van der Waals surface area contributed by atoms with Gasteiger partial charge in [-0.2, -0.15) is 10.1 Å². The minimum absolute atomic E-state index is 0.129. The number of nitrogens with one attached hydrogen (secondary N) is 1. The monoisotopic (exact) mass is 310 g/mol. The summed E-state index contributed by atoms with van der Waals surface area (Å²) in [5, 5.41) is 7.28. The lowest BCUT2D eigenvalue weighted by molar-refractivity contribution is 0.609. The molecular formula is C16H15FN6. The first-order chi connectivity index (χ1) is 11.1. The number of halogens is 1. The Morgan fingerprint density at radius 1 is 1.17 bits per heavy atom. The molecule has 1 aliphatic carbocycles. The summed E-state index contributed by atoms with van der Waals surface area (Å²) in [6.45, 7) is 0. The lowest BCUT2D eigenvalue weighted by atomic mass is 10.1. The molecule has 2 aromatic heterocycles. The number of nitrogens with two attached hydrogens (primary N) is 2. The van der Waals surface area contributed by atoms with Gasteiger partial charge >= 0.3 is 0 Å². The van der Waals surface area contributed by atoms with Crippen LogP contribution in [0, 0.1) is 5.82 Å². The summed E-state index contributed by atoms with van der Waals surface area (Å²) in [7, 11) is 0. The molecule has 6 nitrogen and oxygen atoms in total. The lowest BCUT2D eigenvalue weighted by Gasteiger charge is -2.01. The van der Waals surface area contributed by atoms with Crippen molar-refractivity contribution in [3.8, 4) is 11.3 Å². The van der Waals surface area contributed by atoms with E-state index in [1.165, 1.54) is 6.07 Å². The third kappa shape index (κ3) is 2.40. The van der Waals surface area contributed by atoms with Crippen molar-refractivity contribution in [2.24, 2.45) is 0 Å². The molecular weight excluding hydrogens is 295 g/mol. The molecule has 7 heteroatoms. The number of benzene rings is 1. The van der Waals surface area contributed by atoms with Crippen molar-refractivity contribution in [2.75, 3.05) is 11.5 Å². The standard InChI is InChI=1S/C16H15FN6/c17-12-4-2-1-3-8(12)9-5-10(9)13-6-14(23-22-13)11-7-20-16(19)21-15(11)18/h1-4,6-7,9-10H,5H2,(H,22,23)(H4,18,19,20,21). The SMILES string of the molecule is Nc1ncc(-c2cc(C3CC3c3ccccc3F)[nH]n2)c(N)n1. The van der Waals surface area contributed by atoms with E-state index in [1.807, 2.05) is 18.2 Å². The van der Waals surface area contributed by atoms with Crippen LogP contribution in [0.3, 0.4) is 0 Å². The second-order valence-electron chi connectivity index (χ2n) is 5.71. The van der Waals surface area contributed by atoms with Crippen LogP contribution in [0.4, 0.5) is 16.2 Å². The van der Waals surface area contributed by atoms with Gasteiger partial charge in [-0.05, 0) is 30.0 Å². The highest BCUT2D eigenvalue weighted by Gasteiger charge is 2.42. The molecule has 2 heterocycles. The van der Waals surface area contributed by atoms with Crippen molar-refractivity contribution < 1.29 is 4.39 Å². The van der Waals surface area contributed by atoms with Crippen molar-refractivity contribution in [2.45, 2.75) is 18.3 Å². The highest BCUT2D eigenvalue weighted by atomic mass is 19.1. The molecule has 2 atom stereocenters. The summed E-state index contributed by atoms with van der Waals surface area (Å²) in [6.07, 6.45) is 2.45. The maximum absolute atomic E-state index is 13.9. The fourth-order valence-corrected chi connectivity index (χ4v) is 2.93. The van der Waals surface area contributed by atoms with Gasteiger partial charge in [0.25, 0.3) is 0 Å². The van der Waals surface area contributed by atoms with Crippen molar-refractivity contribution in [1.29, 1.82) is 0 Å². The van der Waals surface area contributed by atoms with Crippen LogP contribution in [0.25, 0.3) is 11.3 Å². The van der Waals surface area contributed by atoms with Crippen LogP contribution in [0.1, 0.15) is 29.5 Å². The molecule has 0 aliphatic heterocycles. The van der Waals surface area contributed by atoms with E-state index < -0.39 is 0 Å². The molecule has 3 aromatic rings. The van der Waals surface area contributed by atoms with E-state index >= 15 is 0 Å². The van der Waals surface area contributed by atoms with Crippen LogP contribution in [-0.4, -0.2) is 20.2 Å². The number of nitrogen functional groups attached to an aromatic ring is 2. The summed E-state index contributed by atoms with van der Waals surface area (Å²) in [5.74, 6) is 0.685. The Kier molecular flexibility index (Phi) is 3.00. The topological polar surface area (TPSA) is 106 Å². The van der Waals surface area contributed by atoms with E-state index in [1.54, 1.807) is 12.3 Å². The quantitative estimate of drug-likeness (QED) is 0.689. The Morgan fingerprint density at radius 3 is 2.78 bits per heavy atom. The summed E-state index contributed by atoms with van der Waals surface area (Å²) >= 11 is 0. The molecule has 1 fully saturated rings. The summed E-state index contributed by atoms with van der Waals surface area (Å²) in [6, 6.07) is 8.81. The molecule has 0 amide bonds. The van der Waals surface area contributed by atoms with Crippen molar-refractivity contribution >= 4 is 11.8 Å². The third-order valence-electron chi connectivity index (χ3n) is 4.21. The molecule has 0 radical (unpaired) electrons. The number of aromatic amines is 1. The number of rotatable bonds is 3. The maximum Gasteiger partial charge on any atom is 0.221 e. The molecule has 5 N–H and O–H groups in total. The van der Waals surface area contributed by atoms with Crippen LogP contribution in [0.15, 0.2) is 36.5 Å². The zero-order chi connectivity index (χ0) is 16.0. The average molecular weight is 310 g/mol. The Balaban J connectivity index is 1.59. The molecule has 2 unspecified atom stereocenters. The third-order valence-corrected chi connectivity index (χ3v) is 4.21. The van der Waals surface area contributed by atoms with E-state index in [0.717, 1.165) is 17.7 Å². The van der Waals surface area contributed by atoms with Gasteiger partial charge in [0, 0.05) is 17.8 Å². The number of aromatic nitrogens is 4. The van der Waals surface area contributed by atoms with Gasteiger partial charge in [-0.25, -0.2) is 9.37 Å². The molecule has 116 valence electrons. The van der Waals surface area contributed by atoms with Crippen LogP contribution in [-0.2, 0) is 0 Å². The molecule has 1 aliphatic rings. The van der Waals surface area contributed by atoms with E-state index in [0.29, 0.717) is 11.3 Å². The number of hydrogen-bond donors (Lipinski definition) is 3. The normalized spacial score (nSPS) is 19.7. The van der Waals surface area contributed by atoms with Gasteiger partial charge in [0.2, 0.25) is 5.95 Å². The minimum atomic E-state index is -0.157. The molecule has 0 spiro atoms. The first-order valence-corrected chi connectivity index (χ1v) is 7.31. The van der Waals surface area contributed by atoms with Crippen LogP contribution < -0.4 is 11.5 Å². The molecule has 1 saturated carbocycles. The number of nitrogens with zero attached hydrogens (tertiary/aromatic N) is 3. The average Bonchev–Trinajstić information content (AvgIpc) is 3.17. The second-order valence-corrected chi connectivity index (χ2v) is 5.71. The van der Waals surface area contributed by atoms with E-state index in [4.69, 9.17) is 11.5 Å². The number of hydrogen-bond acceptors (Lipinski definition) is 5. The molecule has 4 rings (SSSR count). The van der Waals surface area contributed by atoms with Gasteiger partial charge in [0.15, 0.2) is 0 Å². The Bertz CT molecular complexity index is 875. The Labute approximate surface area is 131 Å².